The Bertz CT molecular complexity index is 1200. The van der Waals surface area contributed by atoms with Gasteiger partial charge < -0.3 is 4.74 Å². The predicted molar refractivity (Wildman–Crippen MR) is 133 cm³/mol. The number of rotatable bonds is 5. The quantitative estimate of drug-likeness (QED) is 0.422. The maximum absolute atomic E-state index is 15.7. The summed E-state index contributed by atoms with van der Waals surface area (Å²) in [6, 6.07) is -0.836. The van der Waals surface area contributed by atoms with Gasteiger partial charge in [0.15, 0.2) is 16.7 Å². The molecule has 0 bridgehead atoms. The highest BCUT2D eigenvalue weighted by atomic mass is 32.2. The molecule has 1 heterocycles. The molecule has 1 saturated heterocycles. The minimum Gasteiger partial charge on any atom is -0.364 e. The minimum absolute atomic E-state index is 0.0438. The zero-order chi connectivity index (χ0) is 25.7. The van der Waals surface area contributed by atoms with Gasteiger partial charge in [-0.3, -0.25) is 14.4 Å². The molecule has 2 unspecified atom stereocenters. The highest BCUT2D eigenvalue weighted by Crippen LogP contribution is 2.79. The van der Waals surface area contributed by atoms with E-state index in [4.69, 9.17) is 4.74 Å². The van der Waals surface area contributed by atoms with Crippen molar-refractivity contribution in [2.75, 3.05) is 6.01 Å². The van der Waals surface area contributed by atoms with Crippen molar-refractivity contribution in [3.8, 4) is 0 Å². The van der Waals surface area contributed by atoms with Gasteiger partial charge in [-0.1, -0.05) is 49.9 Å². The highest BCUT2D eigenvalue weighted by Gasteiger charge is 2.82. The molecule has 36 heavy (non-hydrogen) atoms. The van der Waals surface area contributed by atoms with Crippen LogP contribution >= 0.6 is 11.8 Å². The number of ether oxygens (including phenoxy) is 1. The maximum atomic E-state index is 15.7. The molecule has 192 valence electrons. The second-order valence-electron chi connectivity index (χ2n) is 12.1. The Morgan fingerprint density at radius 2 is 2.03 bits per heavy atom. The van der Waals surface area contributed by atoms with Crippen molar-refractivity contribution in [2.24, 2.45) is 34.0 Å². The van der Waals surface area contributed by atoms with Gasteiger partial charge >= 0.3 is 0 Å². The van der Waals surface area contributed by atoms with Crippen molar-refractivity contribution < 1.29 is 27.9 Å². The third-order valence-electron chi connectivity index (χ3n) is 10.9. The fraction of sp³-hybridized carbons (Fsp3) is 0.621. The van der Waals surface area contributed by atoms with Crippen LogP contribution in [0.5, 0.6) is 0 Å². The van der Waals surface area contributed by atoms with Gasteiger partial charge in [-0.2, -0.15) is 0 Å². The Balaban J connectivity index is 1.44. The maximum Gasteiger partial charge on any atom is 0.198 e. The first kappa shape index (κ1) is 24.5. The number of hydrogen-bond donors (Lipinski definition) is 0. The van der Waals surface area contributed by atoms with E-state index in [1.165, 1.54) is 0 Å². The zero-order valence-electron chi connectivity index (χ0n) is 20.9. The van der Waals surface area contributed by atoms with Crippen LogP contribution in [0.1, 0.15) is 59.3 Å². The lowest BCUT2D eigenvalue weighted by Crippen LogP contribution is -2.59. The Kier molecular flexibility index (Phi) is 5.32. The second-order valence-corrected chi connectivity index (χ2v) is 13.0. The van der Waals surface area contributed by atoms with E-state index >= 15 is 4.39 Å². The molecule has 0 N–H and O–H groups in total. The van der Waals surface area contributed by atoms with E-state index in [1.54, 1.807) is 12.2 Å². The Morgan fingerprint density at radius 3 is 2.72 bits per heavy atom. The van der Waals surface area contributed by atoms with Gasteiger partial charge in [-0.25, -0.2) is 8.78 Å². The SMILES string of the molecule is C[C@@H]1CC2C3CC(F)=C4CC(=O)C=C[C@]4(C)[C@@]34O[C@H]4C[C@]2(C)[C@@]1(CC(=O)C1=CC=CC1)C(=O)SCF. The number of thioether (sulfide) groups is 1. The van der Waals surface area contributed by atoms with E-state index in [0.29, 0.717) is 42.2 Å². The smallest absolute Gasteiger partial charge is 0.198 e. The molecular weight excluding hydrogens is 482 g/mol. The fourth-order valence-corrected chi connectivity index (χ4v) is 10.0. The average molecular weight is 515 g/mol. The summed E-state index contributed by atoms with van der Waals surface area (Å²) in [6.07, 6.45) is 10.8. The van der Waals surface area contributed by atoms with Crippen molar-refractivity contribution in [3.05, 3.63) is 47.4 Å². The van der Waals surface area contributed by atoms with Crippen LogP contribution in [0.3, 0.4) is 0 Å². The normalized spacial score (nSPS) is 46.1. The van der Waals surface area contributed by atoms with Crippen LogP contribution in [-0.2, 0) is 19.1 Å². The van der Waals surface area contributed by atoms with Crippen molar-refractivity contribution in [2.45, 2.75) is 71.0 Å². The topological polar surface area (TPSA) is 63.7 Å². The molecule has 5 aliphatic carbocycles. The third kappa shape index (κ3) is 2.82. The molecule has 0 amide bonds. The average Bonchev–Trinajstić information content (AvgIpc) is 3.20. The number of alkyl halides is 1. The fourth-order valence-electron chi connectivity index (χ4n) is 9.14. The second kappa shape index (κ2) is 7.83. The summed E-state index contributed by atoms with van der Waals surface area (Å²) < 4.78 is 35.8. The van der Waals surface area contributed by atoms with Crippen molar-refractivity contribution in [1.82, 2.24) is 0 Å². The number of ketones is 2. The Hall–Kier alpha value is -1.86. The van der Waals surface area contributed by atoms with E-state index in [2.05, 4.69) is 6.92 Å². The molecule has 3 fully saturated rings. The van der Waals surface area contributed by atoms with Crippen LogP contribution in [0.4, 0.5) is 8.78 Å². The molecular formula is C29H32F2O4S. The number of carbonyl (C=O) groups is 3. The number of epoxide rings is 1. The molecule has 0 aromatic carbocycles. The number of carbonyl (C=O) groups excluding carboxylic acids is 3. The Morgan fingerprint density at radius 1 is 1.25 bits per heavy atom. The molecule has 0 aromatic rings. The monoisotopic (exact) mass is 514 g/mol. The summed E-state index contributed by atoms with van der Waals surface area (Å²) in [5, 5.41) is -0.266. The lowest BCUT2D eigenvalue weighted by molar-refractivity contribution is -0.139. The third-order valence-corrected chi connectivity index (χ3v) is 11.7. The van der Waals surface area contributed by atoms with E-state index < -0.39 is 27.9 Å². The first-order chi connectivity index (χ1) is 17.0. The van der Waals surface area contributed by atoms with E-state index in [-0.39, 0.29) is 65.6 Å². The lowest BCUT2D eigenvalue weighted by Gasteiger charge is -2.56. The molecule has 7 heteroatoms. The summed E-state index contributed by atoms with van der Waals surface area (Å²) >= 11 is 0.665. The standard InChI is InChI=1S/C29H32F2O4S/c1-16-10-19-20-12-22(31)21-11-18(32)8-9-26(21,2)29(20)24(35-29)14-27(19,3)28(16,25(34)36-15-30)13-23(33)17-6-4-5-7-17/h4-6,8-9,16,19-20,24H,7,10-15H2,1-3H3/t16-,19?,20?,24+,26+,27+,28-,29-/m1/s1. The first-order valence-corrected chi connectivity index (χ1v) is 13.9. The van der Waals surface area contributed by atoms with E-state index in [1.807, 2.05) is 32.1 Å². The summed E-state index contributed by atoms with van der Waals surface area (Å²) in [5.41, 5.74) is -1.77. The lowest BCUT2D eigenvalue weighted by atomic mass is 9.45. The summed E-state index contributed by atoms with van der Waals surface area (Å²) in [5.74, 6) is -0.791. The summed E-state index contributed by atoms with van der Waals surface area (Å²) in [4.78, 5) is 39.4. The molecule has 0 radical (unpaired) electrons. The van der Waals surface area contributed by atoms with Gasteiger partial charge in [0.05, 0.1) is 11.5 Å². The van der Waals surface area contributed by atoms with Crippen molar-refractivity contribution in [1.29, 1.82) is 0 Å². The molecule has 8 atom stereocenters. The van der Waals surface area contributed by atoms with Crippen LogP contribution < -0.4 is 0 Å². The molecule has 6 rings (SSSR count). The van der Waals surface area contributed by atoms with Gasteiger partial charge in [0.1, 0.15) is 17.4 Å². The summed E-state index contributed by atoms with van der Waals surface area (Å²) in [7, 11) is 0. The number of halogens is 2. The molecule has 2 saturated carbocycles. The number of fused-ring (bicyclic) bond motifs is 3. The highest BCUT2D eigenvalue weighted by molar-refractivity contribution is 8.13. The van der Waals surface area contributed by atoms with Crippen LogP contribution in [0.25, 0.3) is 0 Å². The first-order valence-electron chi connectivity index (χ1n) is 12.9. The van der Waals surface area contributed by atoms with Gasteiger partial charge in [0.2, 0.25) is 0 Å². The van der Waals surface area contributed by atoms with E-state index in [9.17, 15) is 18.8 Å². The van der Waals surface area contributed by atoms with Crippen LogP contribution in [0.15, 0.2) is 47.4 Å². The molecule has 6 aliphatic rings. The van der Waals surface area contributed by atoms with Gasteiger partial charge in [0.25, 0.3) is 0 Å². The van der Waals surface area contributed by atoms with Crippen molar-refractivity contribution >= 4 is 28.4 Å². The van der Waals surface area contributed by atoms with Crippen LogP contribution in [0, 0.1) is 34.0 Å². The molecule has 1 aliphatic heterocycles. The molecule has 1 spiro atoms. The Labute approximate surface area is 214 Å². The van der Waals surface area contributed by atoms with Crippen LogP contribution in [-0.4, -0.2) is 34.4 Å². The van der Waals surface area contributed by atoms with Crippen LogP contribution in [0.2, 0.25) is 0 Å². The molecule has 4 nitrogen and oxygen atoms in total. The minimum atomic E-state index is -1.05. The summed E-state index contributed by atoms with van der Waals surface area (Å²) in [6.45, 7) is 6.06. The largest absolute Gasteiger partial charge is 0.364 e. The number of Topliss-reactive ketones (excluding diaryl/α,β-unsaturated/α-hetero) is 1. The van der Waals surface area contributed by atoms with Gasteiger partial charge in [0, 0.05) is 30.6 Å². The van der Waals surface area contributed by atoms with Gasteiger partial charge in [-0.15, -0.1) is 0 Å². The van der Waals surface area contributed by atoms with E-state index in [0.717, 1.165) is 0 Å². The van der Waals surface area contributed by atoms with Crippen molar-refractivity contribution in [3.63, 3.8) is 0 Å². The number of hydrogen-bond acceptors (Lipinski definition) is 5. The molecule has 0 aromatic heterocycles. The van der Waals surface area contributed by atoms with Gasteiger partial charge in [-0.05, 0) is 60.7 Å². The number of allylic oxidation sites excluding steroid dienone is 6. The zero-order valence-corrected chi connectivity index (χ0v) is 21.8. The predicted octanol–water partition coefficient (Wildman–Crippen LogP) is 5.99.